The molecule has 152 valence electrons. The number of aromatic amines is 1. The fraction of sp³-hybridized carbons (Fsp3) is 0.421. The zero-order chi connectivity index (χ0) is 19.8. The Morgan fingerprint density at radius 2 is 2.14 bits per heavy atom. The molecule has 0 bridgehead atoms. The Labute approximate surface area is 163 Å². The molecule has 0 saturated carbocycles. The van der Waals surface area contributed by atoms with Crippen LogP contribution in [0.5, 0.6) is 0 Å². The summed E-state index contributed by atoms with van der Waals surface area (Å²) in [6, 6.07) is 4.10. The Morgan fingerprint density at radius 3 is 2.93 bits per heavy atom. The molecule has 3 aromatic rings. The van der Waals surface area contributed by atoms with Crippen molar-refractivity contribution in [1.82, 2.24) is 25.5 Å². The minimum Gasteiger partial charge on any atom is -0.391 e. The van der Waals surface area contributed by atoms with Gasteiger partial charge >= 0.3 is 0 Å². The number of fused-ring (bicyclic) bond motifs is 1. The standard InChI is InChI=1S/C19H22F2N6O.2H2/c1-10(2)17(28)14-9-27(7-6-22-14)19-13(21)8-12(20)16(24-19)15-11-4-3-5-23-18(11)26-25-15;;/h3-5,8,10,14,17,22,28H,6-7,9H2,1-2H3,(H,23,25,26);2*1H/t14-,17+;;/m0../s1. The summed E-state index contributed by atoms with van der Waals surface area (Å²) in [5, 5.41) is 21.1. The van der Waals surface area contributed by atoms with Gasteiger partial charge in [0.25, 0.3) is 0 Å². The molecule has 3 aromatic heterocycles. The van der Waals surface area contributed by atoms with E-state index in [9.17, 15) is 13.9 Å². The molecule has 4 rings (SSSR count). The average molecular weight is 392 g/mol. The Kier molecular flexibility index (Phi) is 4.94. The van der Waals surface area contributed by atoms with Crippen molar-refractivity contribution in [3.63, 3.8) is 0 Å². The molecule has 0 amide bonds. The van der Waals surface area contributed by atoms with Crippen LogP contribution >= 0.6 is 0 Å². The predicted molar refractivity (Wildman–Crippen MR) is 106 cm³/mol. The fourth-order valence-electron chi connectivity index (χ4n) is 3.55. The van der Waals surface area contributed by atoms with E-state index in [-0.39, 0.29) is 26.3 Å². The lowest BCUT2D eigenvalue weighted by atomic mass is 9.98. The number of hydrogen-bond donors (Lipinski definition) is 3. The van der Waals surface area contributed by atoms with Crippen molar-refractivity contribution in [1.29, 1.82) is 0 Å². The lowest BCUT2D eigenvalue weighted by Gasteiger charge is -2.38. The lowest BCUT2D eigenvalue weighted by molar-refractivity contribution is 0.0810. The number of rotatable bonds is 4. The second-order valence-corrected chi connectivity index (χ2v) is 7.34. The van der Waals surface area contributed by atoms with Gasteiger partial charge < -0.3 is 15.3 Å². The molecule has 1 aliphatic heterocycles. The number of aliphatic hydroxyl groups is 1. The molecule has 7 nitrogen and oxygen atoms in total. The summed E-state index contributed by atoms with van der Waals surface area (Å²) >= 11 is 0. The van der Waals surface area contributed by atoms with E-state index in [0.717, 1.165) is 6.07 Å². The quantitative estimate of drug-likeness (QED) is 0.632. The molecule has 1 saturated heterocycles. The molecular formula is C19H26F2N6O. The van der Waals surface area contributed by atoms with Gasteiger partial charge in [-0.05, 0) is 18.1 Å². The van der Waals surface area contributed by atoms with Crippen LogP contribution in [0, 0.1) is 17.6 Å². The van der Waals surface area contributed by atoms with Crippen molar-refractivity contribution >= 4 is 16.9 Å². The summed E-state index contributed by atoms with van der Waals surface area (Å²) in [7, 11) is 0. The highest BCUT2D eigenvalue weighted by atomic mass is 19.1. The highest BCUT2D eigenvalue weighted by Crippen LogP contribution is 2.30. The molecule has 9 heteroatoms. The van der Waals surface area contributed by atoms with Crippen LogP contribution in [0.2, 0.25) is 0 Å². The number of nitrogens with one attached hydrogen (secondary N) is 2. The third-order valence-electron chi connectivity index (χ3n) is 5.08. The lowest BCUT2D eigenvalue weighted by Crippen LogP contribution is -2.57. The van der Waals surface area contributed by atoms with Crippen LogP contribution in [0.3, 0.4) is 0 Å². The summed E-state index contributed by atoms with van der Waals surface area (Å²) in [5.74, 6) is -1.39. The minimum atomic E-state index is -0.774. The number of nitrogens with zero attached hydrogens (tertiary/aromatic N) is 4. The van der Waals surface area contributed by atoms with Crippen molar-refractivity contribution in [2.24, 2.45) is 5.92 Å². The van der Waals surface area contributed by atoms with Gasteiger partial charge in [-0.15, -0.1) is 0 Å². The van der Waals surface area contributed by atoms with E-state index in [4.69, 9.17) is 0 Å². The second kappa shape index (κ2) is 7.40. The van der Waals surface area contributed by atoms with Crippen LogP contribution in [0.4, 0.5) is 14.6 Å². The SMILES string of the molecule is CC(C)[C@@H](O)[C@@H]1CN(c2nc(-c3[nH]nc4ncccc34)c(F)cc2F)CCN1.[HH].[HH]. The average Bonchev–Trinajstić information content (AvgIpc) is 3.11. The van der Waals surface area contributed by atoms with Gasteiger partial charge in [0.1, 0.15) is 5.69 Å². The molecule has 0 unspecified atom stereocenters. The summed E-state index contributed by atoms with van der Waals surface area (Å²) < 4.78 is 29.2. The first-order chi connectivity index (χ1) is 13.5. The van der Waals surface area contributed by atoms with E-state index in [0.29, 0.717) is 36.4 Å². The second-order valence-electron chi connectivity index (χ2n) is 7.34. The maximum absolute atomic E-state index is 14.6. The summed E-state index contributed by atoms with van der Waals surface area (Å²) in [4.78, 5) is 10.2. The zero-order valence-electron chi connectivity index (χ0n) is 15.7. The Hall–Kier alpha value is -2.65. The smallest absolute Gasteiger partial charge is 0.181 e. The van der Waals surface area contributed by atoms with Crippen LogP contribution in [-0.2, 0) is 0 Å². The van der Waals surface area contributed by atoms with Gasteiger partial charge in [-0.1, -0.05) is 13.8 Å². The van der Waals surface area contributed by atoms with Gasteiger partial charge in [0.2, 0.25) is 0 Å². The molecule has 28 heavy (non-hydrogen) atoms. The van der Waals surface area contributed by atoms with Crippen molar-refractivity contribution in [3.8, 4) is 11.4 Å². The van der Waals surface area contributed by atoms with E-state index in [1.807, 2.05) is 13.8 Å². The number of halogens is 2. The van der Waals surface area contributed by atoms with E-state index < -0.39 is 17.7 Å². The van der Waals surface area contributed by atoms with Crippen molar-refractivity contribution < 1.29 is 16.7 Å². The molecular weight excluding hydrogens is 366 g/mol. The van der Waals surface area contributed by atoms with Crippen LogP contribution in [0.25, 0.3) is 22.4 Å². The van der Waals surface area contributed by atoms with Crippen LogP contribution in [0.15, 0.2) is 24.4 Å². The molecule has 3 N–H and O–H groups in total. The molecule has 1 fully saturated rings. The van der Waals surface area contributed by atoms with E-state index in [1.165, 1.54) is 0 Å². The van der Waals surface area contributed by atoms with Gasteiger partial charge in [-0.3, -0.25) is 5.10 Å². The van der Waals surface area contributed by atoms with Crippen molar-refractivity contribution in [2.45, 2.75) is 26.0 Å². The van der Waals surface area contributed by atoms with Gasteiger partial charge in [0.05, 0.1) is 17.8 Å². The summed E-state index contributed by atoms with van der Waals surface area (Å²) in [6.07, 6.45) is 1.02. The third-order valence-corrected chi connectivity index (χ3v) is 5.08. The Morgan fingerprint density at radius 1 is 1.32 bits per heavy atom. The highest BCUT2D eigenvalue weighted by molar-refractivity contribution is 5.89. The van der Waals surface area contributed by atoms with Crippen LogP contribution in [-0.4, -0.2) is 57.1 Å². The topological polar surface area (TPSA) is 90.0 Å². The number of H-pyrrole nitrogens is 1. The molecule has 0 aromatic carbocycles. The van der Waals surface area contributed by atoms with Crippen molar-refractivity contribution in [3.05, 3.63) is 36.0 Å². The maximum Gasteiger partial charge on any atom is 0.181 e. The molecule has 0 spiro atoms. The van der Waals surface area contributed by atoms with E-state index in [1.54, 1.807) is 23.2 Å². The van der Waals surface area contributed by atoms with E-state index in [2.05, 4.69) is 25.5 Å². The van der Waals surface area contributed by atoms with Gasteiger partial charge in [0, 0.05) is 40.1 Å². The highest BCUT2D eigenvalue weighted by Gasteiger charge is 2.30. The first kappa shape index (κ1) is 18.7. The number of anilines is 1. The maximum atomic E-state index is 14.6. The molecule has 1 aliphatic rings. The monoisotopic (exact) mass is 392 g/mol. The zero-order valence-corrected chi connectivity index (χ0v) is 15.7. The molecule has 4 heterocycles. The fourth-order valence-corrected chi connectivity index (χ4v) is 3.55. The first-order valence-corrected chi connectivity index (χ1v) is 9.27. The first-order valence-electron chi connectivity index (χ1n) is 9.27. The number of aliphatic hydroxyl groups excluding tert-OH is 1. The Balaban J connectivity index is 0.00000160. The normalized spacial score (nSPS) is 18.8. The van der Waals surface area contributed by atoms with Gasteiger partial charge in [-0.25, -0.2) is 18.7 Å². The predicted octanol–water partition coefficient (Wildman–Crippen LogP) is 2.59. The third kappa shape index (κ3) is 3.31. The number of piperazine rings is 1. The van der Waals surface area contributed by atoms with E-state index >= 15 is 0 Å². The minimum absolute atomic E-state index is 0. The number of aromatic nitrogens is 4. The number of hydrogen-bond acceptors (Lipinski definition) is 6. The molecule has 2 atom stereocenters. The molecule has 0 radical (unpaired) electrons. The Bertz CT molecular complexity index is 1000. The molecule has 0 aliphatic carbocycles. The van der Waals surface area contributed by atoms with Gasteiger partial charge in [-0.2, -0.15) is 5.10 Å². The summed E-state index contributed by atoms with van der Waals surface area (Å²) in [6.45, 7) is 5.30. The van der Waals surface area contributed by atoms with Crippen molar-refractivity contribution in [2.75, 3.05) is 24.5 Å². The largest absolute Gasteiger partial charge is 0.391 e. The number of pyridine rings is 2. The van der Waals surface area contributed by atoms with Crippen LogP contribution < -0.4 is 10.2 Å². The summed E-state index contributed by atoms with van der Waals surface area (Å²) in [5.41, 5.74) is 0.786. The van der Waals surface area contributed by atoms with Gasteiger partial charge in [0.15, 0.2) is 23.1 Å². The van der Waals surface area contributed by atoms with Crippen LogP contribution in [0.1, 0.15) is 16.7 Å².